The van der Waals surface area contributed by atoms with Gasteiger partial charge >= 0.3 is 0 Å². The van der Waals surface area contributed by atoms with Crippen molar-refractivity contribution in [1.29, 1.82) is 0 Å². The number of halogens is 2. The van der Waals surface area contributed by atoms with Gasteiger partial charge in [-0.15, -0.1) is 0 Å². The molecule has 0 aromatic carbocycles. The van der Waals surface area contributed by atoms with E-state index in [1.165, 1.54) is 26.2 Å². The quantitative estimate of drug-likeness (QED) is 0.849. The Balaban J connectivity index is 1.68. The lowest BCUT2D eigenvalue weighted by atomic mass is 9.96. The standard InChI is InChI=1S/C13H18F2N2OS/c1-12(13(2,14)15)10(18)17-11(19-12)16-9-6-7-3-4-8(9)5-7/h7-9H,3-6H2,1-2H3,(H,16,17,18)/t7-,8+,9+,12+/m1/s1. The zero-order valence-corrected chi connectivity index (χ0v) is 11.9. The lowest BCUT2D eigenvalue weighted by Gasteiger charge is -2.28. The first-order valence-corrected chi connectivity index (χ1v) is 7.58. The molecular weight excluding hydrogens is 270 g/mol. The largest absolute Gasteiger partial charge is 0.361 e. The van der Waals surface area contributed by atoms with Crippen LogP contribution in [0.15, 0.2) is 4.99 Å². The Labute approximate surface area is 115 Å². The van der Waals surface area contributed by atoms with Crippen LogP contribution in [0.4, 0.5) is 8.78 Å². The van der Waals surface area contributed by atoms with Crippen molar-refractivity contribution in [2.75, 3.05) is 0 Å². The first kappa shape index (κ1) is 13.3. The number of aliphatic imine (C=N–C) groups is 1. The predicted octanol–water partition coefficient (Wildman–Crippen LogP) is 2.81. The molecule has 1 heterocycles. The highest BCUT2D eigenvalue weighted by Gasteiger charge is 2.57. The molecule has 2 fully saturated rings. The normalized spacial score (nSPS) is 41.8. The Morgan fingerprint density at radius 3 is 2.63 bits per heavy atom. The summed E-state index contributed by atoms with van der Waals surface area (Å²) in [6, 6.07) is 0.311. The van der Waals surface area contributed by atoms with Crippen molar-refractivity contribution in [3.05, 3.63) is 0 Å². The summed E-state index contributed by atoms with van der Waals surface area (Å²) in [6.07, 6.45) is 4.80. The van der Waals surface area contributed by atoms with Crippen molar-refractivity contribution in [3.63, 3.8) is 0 Å². The number of fused-ring (bicyclic) bond motifs is 2. The van der Waals surface area contributed by atoms with Gasteiger partial charge < -0.3 is 5.32 Å². The summed E-state index contributed by atoms with van der Waals surface area (Å²) < 4.78 is 25.4. The minimum absolute atomic E-state index is 0.311. The number of hydrogen-bond donors (Lipinski definition) is 1. The van der Waals surface area contributed by atoms with Crippen molar-refractivity contribution in [3.8, 4) is 0 Å². The molecule has 19 heavy (non-hydrogen) atoms. The number of thioether (sulfide) groups is 1. The molecule has 0 aromatic rings. The van der Waals surface area contributed by atoms with Gasteiger partial charge in [-0.3, -0.25) is 4.79 Å². The van der Waals surface area contributed by atoms with Crippen molar-refractivity contribution in [2.24, 2.45) is 16.8 Å². The number of nitrogens with one attached hydrogen (secondary N) is 1. The third kappa shape index (κ3) is 2.08. The van der Waals surface area contributed by atoms with Gasteiger partial charge in [0.15, 0.2) is 9.91 Å². The number of amides is 1. The Morgan fingerprint density at radius 1 is 1.42 bits per heavy atom. The molecule has 3 nitrogen and oxygen atoms in total. The van der Waals surface area contributed by atoms with Crippen LogP contribution in [0.25, 0.3) is 0 Å². The van der Waals surface area contributed by atoms with Gasteiger partial charge in [-0.05, 0) is 38.0 Å². The first-order chi connectivity index (χ1) is 8.79. The molecule has 2 saturated carbocycles. The number of rotatable bonds is 2. The van der Waals surface area contributed by atoms with Crippen LogP contribution >= 0.6 is 11.8 Å². The van der Waals surface area contributed by atoms with E-state index in [0.717, 1.165) is 31.0 Å². The lowest BCUT2D eigenvalue weighted by Crippen LogP contribution is -2.45. The number of nitrogens with zero attached hydrogens (tertiary/aromatic N) is 1. The maximum absolute atomic E-state index is 13.6. The molecule has 0 spiro atoms. The molecule has 4 atom stereocenters. The smallest absolute Gasteiger partial charge is 0.270 e. The van der Waals surface area contributed by atoms with E-state index < -0.39 is 16.6 Å². The van der Waals surface area contributed by atoms with Gasteiger partial charge in [0, 0.05) is 13.0 Å². The fourth-order valence-electron chi connectivity index (χ4n) is 3.38. The van der Waals surface area contributed by atoms with Gasteiger partial charge in [0.05, 0.1) is 0 Å². The third-order valence-electron chi connectivity index (χ3n) is 4.80. The molecule has 2 aliphatic carbocycles. The number of hydrogen-bond acceptors (Lipinski definition) is 3. The van der Waals surface area contributed by atoms with Gasteiger partial charge in [-0.1, -0.05) is 18.2 Å². The van der Waals surface area contributed by atoms with Crippen LogP contribution in [0.1, 0.15) is 39.5 Å². The molecule has 0 radical (unpaired) electrons. The van der Waals surface area contributed by atoms with E-state index in [0.29, 0.717) is 17.1 Å². The number of alkyl halides is 2. The Morgan fingerprint density at radius 2 is 2.16 bits per heavy atom. The van der Waals surface area contributed by atoms with E-state index in [1.54, 1.807) is 0 Å². The molecular formula is C13H18F2N2OS. The van der Waals surface area contributed by atoms with Crippen LogP contribution < -0.4 is 5.32 Å². The zero-order valence-electron chi connectivity index (χ0n) is 11.1. The maximum Gasteiger partial charge on any atom is 0.270 e. The van der Waals surface area contributed by atoms with E-state index in [-0.39, 0.29) is 0 Å². The molecule has 3 rings (SSSR count). The SMILES string of the molecule is CC(F)(F)[C@@]1(C)SC(N[C@H]2C[C@@H]3CC[C@H]2C3)=NC1=O. The molecule has 2 bridgehead atoms. The third-order valence-corrected chi connectivity index (χ3v) is 6.14. The van der Waals surface area contributed by atoms with Crippen molar-refractivity contribution in [2.45, 2.75) is 56.2 Å². The van der Waals surface area contributed by atoms with Crippen LogP contribution in [-0.2, 0) is 4.79 Å². The molecule has 0 aromatic heterocycles. The highest BCUT2D eigenvalue weighted by atomic mass is 32.2. The monoisotopic (exact) mass is 288 g/mol. The second-order valence-corrected chi connectivity index (χ2v) is 7.58. The van der Waals surface area contributed by atoms with Gasteiger partial charge in [0.25, 0.3) is 11.8 Å². The van der Waals surface area contributed by atoms with Crippen LogP contribution in [-0.4, -0.2) is 27.8 Å². The number of amidine groups is 1. The second kappa shape index (κ2) is 4.17. The van der Waals surface area contributed by atoms with Crippen LogP contribution in [0, 0.1) is 11.8 Å². The summed E-state index contributed by atoms with van der Waals surface area (Å²) >= 11 is 0.882. The molecule has 106 valence electrons. The average molecular weight is 288 g/mol. The van der Waals surface area contributed by atoms with E-state index in [1.807, 2.05) is 0 Å². The van der Waals surface area contributed by atoms with Gasteiger partial charge in [-0.25, -0.2) is 8.78 Å². The number of carbonyl (C=O) groups is 1. The topological polar surface area (TPSA) is 41.5 Å². The number of carbonyl (C=O) groups excluding carboxylic acids is 1. The minimum atomic E-state index is -3.07. The molecule has 3 aliphatic rings. The fraction of sp³-hybridized carbons (Fsp3) is 0.846. The van der Waals surface area contributed by atoms with E-state index in [4.69, 9.17) is 0 Å². The molecule has 0 unspecified atom stereocenters. The summed E-state index contributed by atoms with van der Waals surface area (Å²) in [7, 11) is 0. The summed E-state index contributed by atoms with van der Waals surface area (Å²) in [5.74, 6) is -2.41. The van der Waals surface area contributed by atoms with E-state index in [2.05, 4.69) is 10.3 Å². The van der Waals surface area contributed by atoms with Crippen LogP contribution in [0.2, 0.25) is 0 Å². The Bertz CT molecular complexity index is 448. The van der Waals surface area contributed by atoms with E-state index in [9.17, 15) is 13.6 Å². The van der Waals surface area contributed by atoms with Crippen molar-refractivity contribution in [1.82, 2.24) is 5.32 Å². The Hall–Kier alpha value is -0.650. The van der Waals surface area contributed by atoms with Crippen LogP contribution in [0.3, 0.4) is 0 Å². The predicted molar refractivity (Wildman–Crippen MR) is 71.4 cm³/mol. The summed E-state index contributed by atoms with van der Waals surface area (Å²) in [5.41, 5.74) is 0. The average Bonchev–Trinajstić information content (AvgIpc) is 2.94. The molecule has 0 saturated heterocycles. The molecule has 1 N–H and O–H groups in total. The van der Waals surface area contributed by atoms with Gasteiger partial charge in [0.2, 0.25) is 0 Å². The maximum atomic E-state index is 13.6. The summed E-state index contributed by atoms with van der Waals surface area (Å²) in [4.78, 5) is 15.6. The minimum Gasteiger partial charge on any atom is -0.361 e. The molecule has 1 amide bonds. The summed E-state index contributed by atoms with van der Waals surface area (Å²) in [6.45, 7) is 2.06. The van der Waals surface area contributed by atoms with Crippen molar-refractivity contribution >= 4 is 22.8 Å². The Kier molecular flexibility index (Phi) is 2.93. The second-order valence-electron chi connectivity index (χ2n) is 6.17. The van der Waals surface area contributed by atoms with Gasteiger partial charge in [0.1, 0.15) is 0 Å². The first-order valence-electron chi connectivity index (χ1n) is 6.76. The highest BCUT2D eigenvalue weighted by molar-refractivity contribution is 8.16. The fourth-order valence-corrected chi connectivity index (χ4v) is 4.42. The summed E-state index contributed by atoms with van der Waals surface area (Å²) in [5, 5.41) is 3.61. The van der Waals surface area contributed by atoms with Crippen molar-refractivity contribution < 1.29 is 13.6 Å². The highest BCUT2D eigenvalue weighted by Crippen LogP contribution is 2.47. The molecule has 6 heteroatoms. The van der Waals surface area contributed by atoms with Crippen LogP contribution in [0.5, 0.6) is 0 Å². The van der Waals surface area contributed by atoms with E-state index >= 15 is 0 Å². The lowest BCUT2D eigenvalue weighted by molar-refractivity contribution is -0.128. The van der Waals surface area contributed by atoms with Gasteiger partial charge in [-0.2, -0.15) is 4.99 Å². The zero-order chi connectivity index (χ0) is 13.8. The molecule has 1 aliphatic heterocycles.